The molecule has 2 atom stereocenters. The fourth-order valence-electron chi connectivity index (χ4n) is 2.71. The lowest BCUT2D eigenvalue weighted by molar-refractivity contribution is -0.143. The van der Waals surface area contributed by atoms with Gasteiger partial charge >= 0.3 is 5.97 Å². The van der Waals surface area contributed by atoms with Crippen molar-refractivity contribution >= 4 is 33.3 Å². The quantitative estimate of drug-likeness (QED) is 0.405. The van der Waals surface area contributed by atoms with Gasteiger partial charge in [0.1, 0.15) is 21.6 Å². The topological polar surface area (TPSA) is 96.3 Å². The lowest BCUT2D eigenvalue weighted by Gasteiger charge is -2.28. The number of benzene rings is 1. The molecule has 2 rings (SSSR count). The van der Waals surface area contributed by atoms with E-state index < -0.39 is 22.1 Å². The first-order valence-corrected chi connectivity index (χ1v) is 11.8. The molecule has 0 saturated heterocycles. The molecule has 0 fully saturated rings. The highest BCUT2D eigenvalue weighted by Crippen LogP contribution is 2.25. The summed E-state index contributed by atoms with van der Waals surface area (Å²) >= 11 is 1.93. The average Bonchev–Trinajstić information content (AvgIpc) is 2.70. The number of carbonyl (C=O) groups is 1. The number of nitrogens with zero attached hydrogens (tertiary/aromatic N) is 2. The van der Waals surface area contributed by atoms with Crippen LogP contribution in [0.1, 0.15) is 51.4 Å². The first kappa shape index (κ1) is 25.5. The zero-order chi connectivity index (χ0) is 23.2. The Morgan fingerprint density at radius 2 is 2.00 bits per heavy atom. The smallest absolute Gasteiger partial charge is 0.326 e. The maximum Gasteiger partial charge on any atom is 0.326 e. The third-order valence-electron chi connectivity index (χ3n) is 4.41. The van der Waals surface area contributed by atoms with Gasteiger partial charge in [-0.15, -0.1) is 4.72 Å². The van der Waals surface area contributed by atoms with Gasteiger partial charge < -0.3 is 9.29 Å². The van der Waals surface area contributed by atoms with Crippen molar-refractivity contribution in [2.24, 2.45) is 0 Å². The largest absolute Gasteiger partial charge is 0.598 e. The molecule has 0 aliphatic rings. The van der Waals surface area contributed by atoms with Gasteiger partial charge in [0, 0.05) is 11.4 Å². The first-order chi connectivity index (χ1) is 14.5. The molecule has 1 aromatic heterocycles. The van der Waals surface area contributed by atoms with Crippen molar-refractivity contribution < 1.29 is 18.5 Å². The molecule has 0 bridgehead atoms. The minimum Gasteiger partial charge on any atom is -0.598 e. The molecule has 1 N–H and O–H groups in total. The van der Waals surface area contributed by atoms with Crippen molar-refractivity contribution in [3.05, 3.63) is 62.5 Å². The van der Waals surface area contributed by atoms with Crippen molar-refractivity contribution in [2.45, 2.75) is 57.9 Å². The van der Waals surface area contributed by atoms with E-state index in [-0.39, 0.29) is 35.0 Å². The van der Waals surface area contributed by atoms with E-state index in [1.54, 1.807) is 19.1 Å². The van der Waals surface area contributed by atoms with Gasteiger partial charge in [-0.05, 0) is 74.2 Å². The molecule has 170 valence electrons. The molecule has 0 spiro atoms. The van der Waals surface area contributed by atoms with Crippen molar-refractivity contribution in [1.29, 1.82) is 0 Å². The number of esters is 1. The fourth-order valence-corrected chi connectivity index (χ4v) is 4.10. The van der Waals surface area contributed by atoms with Crippen molar-refractivity contribution in [2.75, 3.05) is 6.61 Å². The number of halogens is 2. The lowest BCUT2D eigenvalue weighted by atomic mass is 10.0. The Bertz CT molecular complexity index is 947. The van der Waals surface area contributed by atoms with Crippen LogP contribution < -0.4 is 10.3 Å². The van der Waals surface area contributed by atoms with E-state index in [1.807, 2.05) is 20.8 Å². The third-order valence-corrected chi connectivity index (χ3v) is 6.82. The second-order valence-corrected chi connectivity index (χ2v) is 10.7. The second kappa shape index (κ2) is 11.2. The van der Waals surface area contributed by atoms with E-state index in [2.05, 4.69) is 25.6 Å². The van der Waals surface area contributed by atoms with Crippen LogP contribution in [0.15, 0.2) is 39.9 Å². The number of nitrogens with one attached hydrogen (secondary N) is 1. The second-order valence-electron chi connectivity index (χ2n) is 7.89. The summed E-state index contributed by atoms with van der Waals surface area (Å²) in [6.07, 6.45) is 2.18. The number of hydrogen-bond donors (Lipinski definition) is 1. The van der Waals surface area contributed by atoms with E-state index in [0.717, 1.165) is 5.56 Å². The summed E-state index contributed by atoms with van der Waals surface area (Å²) in [7, 11) is 0. The molecule has 1 unspecified atom stereocenters. The van der Waals surface area contributed by atoms with E-state index in [4.69, 9.17) is 4.74 Å². The summed E-state index contributed by atoms with van der Waals surface area (Å²) in [6, 6.07) is 5.67. The van der Waals surface area contributed by atoms with Crippen LogP contribution in [-0.2, 0) is 33.9 Å². The van der Waals surface area contributed by atoms with Crippen molar-refractivity contribution in [3.8, 4) is 0 Å². The number of rotatable bonds is 9. The zero-order valence-corrected chi connectivity index (χ0v) is 20.4. The van der Waals surface area contributed by atoms with Crippen LogP contribution in [0, 0.1) is 5.82 Å². The standard InChI is InChI=1S/C21H27BrFN3O4S/c1-5-30-18(27)12-26-13-24-17(19(22)20(26)28)11-10-16(25-31(29)21(2,3)4)14-6-8-15(23)9-7-14/h6-9,13,16,25H,5,10-12H2,1-4H3/t16-,31?/m1/s1. The summed E-state index contributed by atoms with van der Waals surface area (Å²) in [5.41, 5.74) is 0.911. The van der Waals surface area contributed by atoms with Crippen LogP contribution in [0.4, 0.5) is 4.39 Å². The number of aromatic nitrogens is 2. The van der Waals surface area contributed by atoms with Crippen molar-refractivity contribution in [1.82, 2.24) is 14.3 Å². The molecule has 0 radical (unpaired) electrons. The minimum absolute atomic E-state index is 0.219. The minimum atomic E-state index is -1.35. The molecule has 2 aromatic rings. The van der Waals surface area contributed by atoms with Gasteiger partial charge in [0.05, 0.1) is 24.7 Å². The highest BCUT2D eigenvalue weighted by molar-refractivity contribution is 9.10. The molecule has 31 heavy (non-hydrogen) atoms. The lowest BCUT2D eigenvalue weighted by Crippen LogP contribution is -2.41. The summed E-state index contributed by atoms with van der Waals surface area (Å²) in [5, 5.41) is 0. The van der Waals surface area contributed by atoms with Crippen LogP contribution in [-0.4, -0.2) is 31.4 Å². The van der Waals surface area contributed by atoms with Crippen LogP contribution in [0.25, 0.3) is 0 Å². The Balaban J connectivity index is 2.20. The molecule has 0 saturated carbocycles. The maximum atomic E-state index is 13.4. The van der Waals surface area contributed by atoms with Gasteiger partial charge in [-0.3, -0.25) is 14.2 Å². The molecular weight excluding hydrogens is 489 g/mol. The van der Waals surface area contributed by atoms with E-state index >= 15 is 0 Å². The van der Waals surface area contributed by atoms with E-state index in [9.17, 15) is 18.5 Å². The number of aryl methyl sites for hydroxylation is 1. The molecule has 0 aliphatic heterocycles. The molecule has 7 nitrogen and oxygen atoms in total. The summed E-state index contributed by atoms with van der Waals surface area (Å²) in [4.78, 5) is 28.5. The van der Waals surface area contributed by atoms with Crippen LogP contribution in [0.2, 0.25) is 0 Å². The summed E-state index contributed by atoms with van der Waals surface area (Å²) < 4.78 is 34.9. The van der Waals surface area contributed by atoms with Gasteiger partial charge in [0.25, 0.3) is 5.56 Å². The number of hydrogen-bond acceptors (Lipinski definition) is 6. The molecule has 0 aliphatic carbocycles. The predicted molar refractivity (Wildman–Crippen MR) is 121 cm³/mol. The molecular formula is C21H27BrFN3O4S. The number of ether oxygens (including phenoxy) is 1. The molecule has 1 heterocycles. The van der Waals surface area contributed by atoms with Crippen molar-refractivity contribution in [3.63, 3.8) is 0 Å². The fraction of sp³-hybridized carbons (Fsp3) is 0.476. The van der Waals surface area contributed by atoms with E-state index in [1.165, 1.54) is 23.0 Å². The van der Waals surface area contributed by atoms with Gasteiger partial charge in [-0.2, -0.15) is 0 Å². The zero-order valence-electron chi connectivity index (χ0n) is 18.0. The van der Waals surface area contributed by atoms with Crippen LogP contribution >= 0.6 is 15.9 Å². The Labute approximate surface area is 192 Å². The van der Waals surface area contributed by atoms with Crippen LogP contribution in [0.5, 0.6) is 0 Å². The van der Waals surface area contributed by atoms with Gasteiger partial charge in [-0.1, -0.05) is 12.1 Å². The highest BCUT2D eigenvalue weighted by Gasteiger charge is 2.30. The Morgan fingerprint density at radius 1 is 1.35 bits per heavy atom. The SMILES string of the molecule is CCOC(=O)Cn1cnc(CC[C@@H](N[S+]([O-])C(C)(C)C)c2ccc(F)cc2)c(Br)c1=O. The summed E-state index contributed by atoms with van der Waals surface area (Å²) in [6.45, 7) is 7.28. The Morgan fingerprint density at radius 3 is 2.58 bits per heavy atom. The highest BCUT2D eigenvalue weighted by atomic mass is 79.9. The van der Waals surface area contributed by atoms with Crippen LogP contribution in [0.3, 0.4) is 0 Å². The monoisotopic (exact) mass is 515 g/mol. The summed E-state index contributed by atoms with van der Waals surface area (Å²) in [5.74, 6) is -0.870. The predicted octanol–water partition coefficient (Wildman–Crippen LogP) is 3.43. The third kappa shape index (κ3) is 7.41. The van der Waals surface area contributed by atoms with Gasteiger partial charge in [0.2, 0.25) is 0 Å². The molecule has 1 aromatic carbocycles. The Kier molecular flexibility index (Phi) is 9.23. The maximum absolute atomic E-state index is 13.4. The molecule has 0 amide bonds. The number of carbonyl (C=O) groups excluding carboxylic acids is 1. The van der Waals surface area contributed by atoms with Gasteiger partial charge in [0.15, 0.2) is 0 Å². The first-order valence-electron chi connectivity index (χ1n) is 9.85. The average molecular weight is 516 g/mol. The van der Waals surface area contributed by atoms with Gasteiger partial charge in [-0.25, -0.2) is 9.37 Å². The normalized spacial score (nSPS) is 13.6. The molecule has 10 heteroatoms. The Hall–Kier alpha value is -1.75. The van der Waals surface area contributed by atoms with E-state index in [0.29, 0.717) is 18.5 Å².